The number of carbonyl (C=O) groups is 1. The Balaban J connectivity index is 2.64. The van der Waals surface area contributed by atoms with Crippen molar-refractivity contribution >= 4 is 5.97 Å². The molecule has 0 saturated carbocycles. The van der Waals surface area contributed by atoms with Gasteiger partial charge in [0.1, 0.15) is 17.1 Å². The third-order valence-electron chi connectivity index (χ3n) is 2.19. The summed E-state index contributed by atoms with van der Waals surface area (Å²) in [6.07, 6.45) is 1.35. The highest BCUT2D eigenvalue weighted by Crippen LogP contribution is 2.24. The summed E-state index contributed by atoms with van der Waals surface area (Å²) in [6, 6.07) is 5.96. The van der Waals surface area contributed by atoms with Crippen LogP contribution < -0.4 is 0 Å². The van der Waals surface area contributed by atoms with Gasteiger partial charge in [-0.1, -0.05) is 12.1 Å². The first-order valence-corrected chi connectivity index (χ1v) is 4.61. The maximum Gasteiger partial charge on any atom is 0.339 e. The van der Waals surface area contributed by atoms with E-state index in [4.69, 9.17) is 5.11 Å². The highest BCUT2D eigenvalue weighted by Gasteiger charge is 2.18. The van der Waals surface area contributed by atoms with Crippen LogP contribution in [0.3, 0.4) is 0 Å². The number of carboxylic acids is 1. The number of halogens is 1. The molecule has 0 bridgehead atoms. The van der Waals surface area contributed by atoms with Gasteiger partial charge in [0.25, 0.3) is 0 Å². The van der Waals surface area contributed by atoms with Crippen molar-refractivity contribution in [3.8, 4) is 11.3 Å². The maximum absolute atomic E-state index is 13.5. The molecule has 0 aliphatic heterocycles. The van der Waals surface area contributed by atoms with Crippen LogP contribution in [0.25, 0.3) is 11.3 Å². The van der Waals surface area contributed by atoms with E-state index in [9.17, 15) is 9.18 Å². The Hall–Kier alpha value is -2.17. The lowest BCUT2D eigenvalue weighted by Gasteiger charge is -1.99. The van der Waals surface area contributed by atoms with Crippen LogP contribution in [0.4, 0.5) is 4.39 Å². The molecule has 2 rings (SSSR count). The Kier molecular flexibility index (Phi) is 2.44. The molecule has 0 radical (unpaired) electrons. The van der Waals surface area contributed by atoms with Crippen molar-refractivity contribution < 1.29 is 14.3 Å². The Morgan fingerprint density at radius 1 is 1.44 bits per heavy atom. The average Bonchev–Trinajstić information content (AvgIpc) is 2.61. The van der Waals surface area contributed by atoms with Crippen LogP contribution in [0, 0.1) is 5.82 Å². The lowest BCUT2D eigenvalue weighted by molar-refractivity contribution is 0.0697. The number of hydrogen-bond donors (Lipinski definition) is 1. The zero-order valence-corrected chi connectivity index (χ0v) is 8.51. The standard InChI is InChI=1S/C11H9FN2O2/c1-14-6-8(11(15)16)10(13-14)7-4-2-3-5-9(7)12/h2-6H,1H3,(H,15,16). The summed E-state index contributed by atoms with van der Waals surface area (Å²) < 4.78 is 14.8. The van der Waals surface area contributed by atoms with Crippen molar-refractivity contribution in [3.63, 3.8) is 0 Å². The minimum absolute atomic E-state index is 0.00685. The third-order valence-corrected chi connectivity index (χ3v) is 2.19. The van der Waals surface area contributed by atoms with Crippen LogP contribution in [0.15, 0.2) is 30.5 Å². The Morgan fingerprint density at radius 2 is 2.12 bits per heavy atom. The second-order valence-electron chi connectivity index (χ2n) is 3.35. The predicted octanol–water partition coefficient (Wildman–Crippen LogP) is 1.92. The number of benzene rings is 1. The third kappa shape index (κ3) is 1.67. The van der Waals surface area contributed by atoms with Crippen LogP contribution in [0.5, 0.6) is 0 Å². The molecular formula is C11H9FN2O2. The molecule has 0 atom stereocenters. The van der Waals surface area contributed by atoms with Gasteiger partial charge in [-0.15, -0.1) is 0 Å². The van der Waals surface area contributed by atoms with Gasteiger partial charge in [-0.2, -0.15) is 5.10 Å². The minimum atomic E-state index is -1.12. The first kappa shape index (κ1) is 10.4. The summed E-state index contributed by atoms with van der Waals surface area (Å²) in [6.45, 7) is 0. The van der Waals surface area contributed by atoms with Crippen molar-refractivity contribution in [1.29, 1.82) is 0 Å². The summed E-state index contributed by atoms with van der Waals surface area (Å²) in [5.74, 6) is -1.60. The molecule has 0 aliphatic carbocycles. The lowest BCUT2D eigenvalue weighted by atomic mass is 10.1. The van der Waals surface area contributed by atoms with Gasteiger partial charge in [0.2, 0.25) is 0 Å². The fourth-order valence-electron chi connectivity index (χ4n) is 1.50. The second kappa shape index (κ2) is 3.77. The average molecular weight is 220 g/mol. The van der Waals surface area contributed by atoms with E-state index in [1.807, 2.05) is 0 Å². The molecule has 82 valence electrons. The molecule has 16 heavy (non-hydrogen) atoms. The van der Waals surface area contributed by atoms with E-state index in [1.54, 1.807) is 19.2 Å². The van der Waals surface area contributed by atoms with Gasteiger partial charge < -0.3 is 5.11 Å². The van der Waals surface area contributed by atoms with E-state index < -0.39 is 11.8 Å². The Morgan fingerprint density at radius 3 is 2.75 bits per heavy atom. The molecule has 2 aromatic rings. The normalized spacial score (nSPS) is 10.4. The highest BCUT2D eigenvalue weighted by molar-refractivity contribution is 5.94. The van der Waals surface area contributed by atoms with Crippen molar-refractivity contribution in [2.24, 2.45) is 7.05 Å². The molecule has 0 fully saturated rings. The van der Waals surface area contributed by atoms with Crippen molar-refractivity contribution in [3.05, 3.63) is 41.8 Å². The van der Waals surface area contributed by atoms with Crippen LogP contribution in [0.1, 0.15) is 10.4 Å². The fourth-order valence-corrected chi connectivity index (χ4v) is 1.50. The van der Waals surface area contributed by atoms with Crippen LogP contribution in [-0.2, 0) is 7.05 Å². The fraction of sp³-hybridized carbons (Fsp3) is 0.0909. The maximum atomic E-state index is 13.5. The molecule has 1 aromatic carbocycles. The van der Waals surface area contributed by atoms with Gasteiger partial charge in [-0.05, 0) is 12.1 Å². The van der Waals surface area contributed by atoms with E-state index >= 15 is 0 Å². The Labute approximate surface area is 90.9 Å². The predicted molar refractivity (Wildman–Crippen MR) is 55.6 cm³/mol. The molecule has 1 heterocycles. The van der Waals surface area contributed by atoms with Gasteiger partial charge in [0.15, 0.2) is 0 Å². The van der Waals surface area contributed by atoms with E-state index in [0.29, 0.717) is 0 Å². The number of nitrogens with zero attached hydrogens (tertiary/aromatic N) is 2. The quantitative estimate of drug-likeness (QED) is 0.841. The molecule has 0 amide bonds. The second-order valence-corrected chi connectivity index (χ2v) is 3.35. The van der Waals surface area contributed by atoms with Crippen LogP contribution in [0.2, 0.25) is 0 Å². The first-order valence-electron chi connectivity index (χ1n) is 4.61. The number of rotatable bonds is 2. The molecule has 0 saturated heterocycles. The summed E-state index contributed by atoms with van der Waals surface area (Å²) >= 11 is 0. The van der Waals surface area contributed by atoms with Gasteiger partial charge in [-0.3, -0.25) is 4.68 Å². The largest absolute Gasteiger partial charge is 0.478 e. The molecule has 5 heteroatoms. The molecule has 1 N–H and O–H groups in total. The number of hydrogen-bond acceptors (Lipinski definition) is 2. The van der Waals surface area contributed by atoms with Gasteiger partial charge >= 0.3 is 5.97 Å². The Bertz CT molecular complexity index is 549. The lowest BCUT2D eigenvalue weighted by Crippen LogP contribution is -1.97. The van der Waals surface area contributed by atoms with E-state index in [2.05, 4.69) is 5.10 Å². The monoisotopic (exact) mass is 220 g/mol. The molecule has 0 aliphatic rings. The zero-order valence-electron chi connectivity index (χ0n) is 8.51. The number of aromatic nitrogens is 2. The summed E-state index contributed by atoms with van der Waals surface area (Å²) in [5, 5.41) is 12.9. The van der Waals surface area contributed by atoms with Crippen molar-refractivity contribution in [2.45, 2.75) is 0 Å². The first-order chi connectivity index (χ1) is 7.59. The highest BCUT2D eigenvalue weighted by atomic mass is 19.1. The molecule has 0 spiro atoms. The molecule has 1 aromatic heterocycles. The summed E-state index contributed by atoms with van der Waals surface area (Å²) in [7, 11) is 1.59. The van der Waals surface area contributed by atoms with Gasteiger partial charge in [-0.25, -0.2) is 9.18 Å². The number of aryl methyl sites for hydroxylation is 1. The van der Waals surface area contributed by atoms with E-state index in [-0.39, 0.29) is 16.8 Å². The van der Waals surface area contributed by atoms with E-state index in [0.717, 1.165) is 0 Å². The molecular weight excluding hydrogens is 211 g/mol. The molecule has 0 unspecified atom stereocenters. The van der Waals surface area contributed by atoms with Crippen molar-refractivity contribution in [1.82, 2.24) is 9.78 Å². The van der Waals surface area contributed by atoms with Gasteiger partial charge in [0, 0.05) is 18.8 Å². The van der Waals surface area contributed by atoms with Crippen LogP contribution in [-0.4, -0.2) is 20.9 Å². The number of carboxylic acid groups (broad SMARTS) is 1. The number of aromatic carboxylic acids is 1. The van der Waals surface area contributed by atoms with E-state index in [1.165, 1.54) is 23.0 Å². The minimum Gasteiger partial charge on any atom is -0.478 e. The summed E-state index contributed by atoms with van der Waals surface area (Å²) in [4.78, 5) is 10.9. The van der Waals surface area contributed by atoms with Crippen LogP contribution >= 0.6 is 0 Å². The SMILES string of the molecule is Cn1cc(C(=O)O)c(-c2ccccc2F)n1. The smallest absolute Gasteiger partial charge is 0.339 e. The topological polar surface area (TPSA) is 55.1 Å². The zero-order chi connectivity index (χ0) is 11.7. The van der Waals surface area contributed by atoms with Crippen molar-refractivity contribution in [2.75, 3.05) is 0 Å². The molecule has 4 nitrogen and oxygen atoms in total. The summed E-state index contributed by atoms with van der Waals surface area (Å²) in [5.41, 5.74) is 0.334. The van der Waals surface area contributed by atoms with Gasteiger partial charge in [0.05, 0.1) is 0 Å².